The minimum absolute atomic E-state index is 0.290. The number of benzene rings is 1. The molecular formula is C16H24N2O3. The molecule has 1 rings (SSSR count). The van der Waals surface area contributed by atoms with Crippen LogP contribution in [-0.2, 0) is 16.0 Å². The highest BCUT2D eigenvalue weighted by atomic mass is 16.4. The zero-order chi connectivity index (χ0) is 15.8. The number of hydrogen-bond donors (Lipinski definition) is 3. The van der Waals surface area contributed by atoms with E-state index in [-0.39, 0.29) is 0 Å². The van der Waals surface area contributed by atoms with Crippen molar-refractivity contribution in [2.24, 2.45) is 11.7 Å². The molecule has 0 aliphatic heterocycles. The first kappa shape index (κ1) is 17.2. The van der Waals surface area contributed by atoms with E-state index in [0.29, 0.717) is 25.2 Å². The van der Waals surface area contributed by atoms with Crippen molar-refractivity contribution in [2.45, 2.75) is 45.2 Å². The van der Waals surface area contributed by atoms with Crippen molar-refractivity contribution >= 4 is 11.9 Å². The second-order valence-electron chi connectivity index (χ2n) is 5.66. The van der Waals surface area contributed by atoms with Gasteiger partial charge in [-0.15, -0.1) is 0 Å². The smallest absolute Gasteiger partial charge is 0.326 e. The molecule has 0 aliphatic rings. The van der Waals surface area contributed by atoms with Crippen LogP contribution in [0.4, 0.5) is 0 Å². The van der Waals surface area contributed by atoms with Crippen LogP contribution in [-0.4, -0.2) is 29.1 Å². The molecule has 1 unspecified atom stereocenters. The minimum atomic E-state index is -1.03. The summed E-state index contributed by atoms with van der Waals surface area (Å²) in [4.78, 5) is 23.2. The van der Waals surface area contributed by atoms with Gasteiger partial charge in [-0.1, -0.05) is 44.2 Å². The lowest BCUT2D eigenvalue weighted by atomic mass is 10.0. The van der Waals surface area contributed by atoms with Gasteiger partial charge in [-0.3, -0.25) is 4.79 Å². The first-order valence-corrected chi connectivity index (χ1v) is 7.22. The molecule has 1 aromatic carbocycles. The molecule has 0 aromatic heterocycles. The molecule has 0 saturated carbocycles. The van der Waals surface area contributed by atoms with Crippen molar-refractivity contribution in [2.75, 3.05) is 0 Å². The number of nitrogens with one attached hydrogen (secondary N) is 1. The van der Waals surface area contributed by atoms with Gasteiger partial charge in [0.2, 0.25) is 5.91 Å². The maximum atomic E-state index is 11.9. The number of aliphatic carboxylic acids is 1. The standard InChI is InChI=1S/C16H24N2O3/c1-11(2)10-13(17)15(19)18-14(16(20)21)9-8-12-6-4-3-5-7-12/h3-7,11,13-14H,8-10,17H2,1-2H3,(H,18,19)(H,20,21)/t13-,14?/m0/s1. The van der Waals surface area contributed by atoms with Gasteiger partial charge in [0, 0.05) is 0 Å². The van der Waals surface area contributed by atoms with Crippen LogP contribution in [0.25, 0.3) is 0 Å². The molecular weight excluding hydrogens is 268 g/mol. The van der Waals surface area contributed by atoms with E-state index in [0.717, 1.165) is 5.56 Å². The summed E-state index contributed by atoms with van der Waals surface area (Å²) in [5, 5.41) is 11.7. The monoisotopic (exact) mass is 292 g/mol. The van der Waals surface area contributed by atoms with Gasteiger partial charge >= 0.3 is 5.97 Å². The van der Waals surface area contributed by atoms with Gasteiger partial charge < -0.3 is 16.2 Å². The van der Waals surface area contributed by atoms with Crippen molar-refractivity contribution in [1.82, 2.24) is 5.32 Å². The number of carboxylic acids is 1. The quantitative estimate of drug-likeness (QED) is 0.678. The summed E-state index contributed by atoms with van der Waals surface area (Å²) in [6, 6.07) is 8.02. The Bertz CT molecular complexity index is 460. The van der Waals surface area contributed by atoms with Gasteiger partial charge in [0.1, 0.15) is 6.04 Å². The number of carboxylic acid groups (broad SMARTS) is 1. The first-order valence-electron chi connectivity index (χ1n) is 7.22. The number of hydrogen-bond acceptors (Lipinski definition) is 3. The molecule has 4 N–H and O–H groups in total. The fourth-order valence-corrected chi connectivity index (χ4v) is 2.11. The van der Waals surface area contributed by atoms with Gasteiger partial charge in [-0.25, -0.2) is 4.79 Å². The largest absolute Gasteiger partial charge is 0.480 e. The molecule has 5 nitrogen and oxygen atoms in total. The van der Waals surface area contributed by atoms with E-state index in [4.69, 9.17) is 5.73 Å². The Hall–Kier alpha value is -1.88. The Morgan fingerprint density at radius 1 is 1.24 bits per heavy atom. The van der Waals surface area contributed by atoms with Crippen LogP contribution in [0.15, 0.2) is 30.3 Å². The Morgan fingerprint density at radius 2 is 1.86 bits per heavy atom. The lowest BCUT2D eigenvalue weighted by Gasteiger charge is -2.19. The third-order valence-electron chi connectivity index (χ3n) is 3.24. The number of amides is 1. The summed E-state index contributed by atoms with van der Waals surface area (Å²) in [5.74, 6) is -1.14. The van der Waals surface area contributed by atoms with Crippen LogP contribution >= 0.6 is 0 Å². The number of carbonyl (C=O) groups excluding carboxylic acids is 1. The van der Waals surface area contributed by atoms with Crippen molar-refractivity contribution in [1.29, 1.82) is 0 Å². The number of rotatable bonds is 8. The molecule has 0 bridgehead atoms. The highest BCUT2D eigenvalue weighted by Crippen LogP contribution is 2.07. The normalized spacial score (nSPS) is 13.7. The highest BCUT2D eigenvalue weighted by Gasteiger charge is 2.23. The summed E-state index contributed by atoms with van der Waals surface area (Å²) in [6.45, 7) is 3.94. The van der Waals surface area contributed by atoms with E-state index in [1.54, 1.807) is 0 Å². The molecule has 0 fully saturated rings. The Balaban J connectivity index is 2.54. The van der Waals surface area contributed by atoms with Crippen LogP contribution in [0.1, 0.15) is 32.3 Å². The Labute approximate surface area is 125 Å². The van der Waals surface area contributed by atoms with Gasteiger partial charge in [0.15, 0.2) is 0 Å². The molecule has 2 atom stereocenters. The number of aryl methyl sites for hydroxylation is 1. The first-order chi connectivity index (χ1) is 9.90. The zero-order valence-corrected chi connectivity index (χ0v) is 12.6. The molecule has 0 radical (unpaired) electrons. The third kappa shape index (κ3) is 6.40. The van der Waals surface area contributed by atoms with E-state index in [9.17, 15) is 14.7 Å². The van der Waals surface area contributed by atoms with E-state index < -0.39 is 24.0 Å². The average molecular weight is 292 g/mol. The molecule has 0 spiro atoms. The van der Waals surface area contributed by atoms with E-state index >= 15 is 0 Å². The van der Waals surface area contributed by atoms with Crippen molar-refractivity contribution < 1.29 is 14.7 Å². The van der Waals surface area contributed by atoms with Crippen LogP contribution in [0.5, 0.6) is 0 Å². The second-order valence-corrected chi connectivity index (χ2v) is 5.66. The summed E-state index contributed by atoms with van der Waals surface area (Å²) in [5.41, 5.74) is 6.81. The number of carbonyl (C=O) groups is 2. The fraction of sp³-hybridized carbons (Fsp3) is 0.500. The fourth-order valence-electron chi connectivity index (χ4n) is 2.11. The molecule has 1 amide bonds. The summed E-state index contributed by atoms with van der Waals surface area (Å²) >= 11 is 0. The van der Waals surface area contributed by atoms with Crippen LogP contribution in [0.3, 0.4) is 0 Å². The molecule has 0 heterocycles. The maximum absolute atomic E-state index is 11.9. The lowest BCUT2D eigenvalue weighted by Crippen LogP contribution is -2.49. The second kappa shape index (κ2) is 8.42. The molecule has 1 aromatic rings. The van der Waals surface area contributed by atoms with Crippen LogP contribution < -0.4 is 11.1 Å². The molecule has 0 saturated heterocycles. The van der Waals surface area contributed by atoms with Gasteiger partial charge in [-0.05, 0) is 30.7 Å². The van der Waals surface area contributed by atoms with Crippen molar-refractivity contribution in [3.8, 4) is 0 Å². The van der Waals surface area contributed by atoms with E-state index in [1.165, 1.54) is 0 Å². The number of nitrogens with two attached hydrogens (primary N) is 1. The van der Waals surface area contributed by atoms with Gasteiger partial charge in [0.25, 0.3) is 0 Å². The Kier molecular flexibility index (Phi) is 6.88. The minimum Gasteiger partial charge on any atom is -0.480 e. The Morgan fingerprint density at radius 3 is 2.38 bits per heavy atom. The highest BCUT2D eigenvalue weighted by molar-refractivity contribution is 5.86. The molecule has 5 heteroatoms. The van der Waals surface area contributed by atoms with Crippen molar-refractivity contribution in [3.63, 3.8) is 0 Å². The van der Waals surface area contributed by atoms with Gasteiger partial charge in [0.05, 0.1) is 6.04 Å². The molecule has 116 valence electrons. The SMILES string of the molecule is CC(C)C[C@H](N)C(=O)NC(CCc1ccccc1)C(=O)O. The summed E-state index contributed by atoms with van der Waals surface area (Å²) in [6.07, 6.45) is 1.48. The van der Waals surface area contributed by atoms with Crippen LogP contribution in [0, 0.1) is 5.92 Å². The lowest BCUT2D eigenvalue weighted by molar-refractivity contribution is -0.142. The molecule has 0 aliphatic carbocycles. The maximum Gasteiger partial charge on any atom is 0.326 e. The summed E-state index contributed by atoms with van der Waals surface area (Å²) < 4.78 is 0. The van der Waals surface area contributed by atoms with Crippen molar-refractivity contribution in [3.05, 3.63) is 35.9 Å². The average Bonchev–Trinajstić information content (AvgIpc) is 2.43. The zero-order valence-electron chi connectivity index (χ0n) is 12.6. The predicted molar refractivity (Wildman–Crippen MR) is 81.8 cm³/mol. The van der Waals surface area contributed by atoms with Crippen LogP contribution in [0.2, 0.25) is 0 Å². The molecule has 21 heavy (non-hydrogen) atoms. The third-order valence-corrected chi connectivity index (χ3v) is 3.24. The predicted octanol–water partition coefficient (Wildman–Crippen LogP) is 1.56. The summed E-state index contributed by atoms with van der Waals surface area (Å²) in [7, 11) is 0. The van der Waals surface area contributed by atoms with E-state index in [2.05, 4.69) is 5.32 Å². The topological polar surface area (TPSA) is 92.4 Å². The van der Waals surface area contributed by atoms with Gasteiger partial charge in [-0.2, -0.15) is 0 Å². The van der Waals surface area contributed by atoms with E-state index in [1.807, 2.05) is 44.2 Å².